The van der Waals surface area contributed by atoms with Crippen LogP contribution >= 0.6 is 0 Å². The van der Waals surface area contributed by atoms with Gasteiger partial charge in [0.15, 0.2) is 6.10 Å². The van der Waals surface area contributed by atoms with Crippen molar-refractivity contribution in [2.75, 3.05) is 6.61 Å². The Balaban J connectivity index is 1.97. The predicted octanol–water partition coefficient (Wildman–Crippen LogP) is 2.96. The summed E-state index contributed by atoms with van der Waals surface area (Å²) in [6.07, 6.45) is -0.260. The highest BCUT2D eigenvalue weighted by Gasteiger charge is 2.43. The molecule has 0 unspecified atom stereocenters. The first-order valence-corrected chi connectivity index (χ1v) is 6.71. The summed E-state index contributed by atoms with van der Waals surface area (Å²) >= 11 is 0. The molecule has 0 radical (unpaired) electrons. The van der Waals surface area contributed by atoms with Crippen LogP contribution in [0.25, 0.3) is 0 Å². The van der Waals surface area contributed by atoms with Crippen LogP contribution in [-0.4, -0.2) is 23.2 Å². The number of benzene rings is 2. The van der Waals surface area contributed by atoms with Gasteiger partial charge >= 0.3 is 0 Å². The highest BCUT2D eigenvalue weighted by molar-refractivity contribution is 5.95. The van der Waals surface area contributed by atoms with Crippen LogP contribution in [0.15, 0.2) is 65.7 Å². The van der Waals surface area contributed by atoms with Crippen LogP contribution in [0.1, 0.15) is 24.2 Å². The molecule has 2 atom stereocenters. The van der Waals surface area contributed by atoms with E-state index >= 15 is 0 Å². The van der Waals surface area contributed by atoms with E-state index in [1.54, 1.807) is 0 Å². The Hall–Kier alpha value is -2.13. The largest absolute Gasteiger partial charge is 0.467 e. The van der Waals surface area contributed by atoms with Crippen molar-refractivity contribution in [2.45, 2.75) is 18.6 Å². The van der Waals surface area contributed by atoms with E-state index in [2.05, 4.69) is 4.99 Å². The Morgan fingerprint density at radius 3 is 2.25 bits per heavy atom. The van der Waals surface area contributed by atoms with Gasteiger partial charge in [-0.2, -0.15) is 0 Å². The standard InChI is InChI=1S/C17H17NO2/c1-17(12-19)15(13-8-4-2-5-9-13)20-16(18-17)14-10-6-3-7-11-14/h2-11,15,19H,12H2,1H3/t15-,17-/m0/s1. The van der Waals surface area contributed by atoms with E-state index in [0.717, 1.165) is 11.1 Å². The Labute approximate surface area is 118 Å². The molecule has 0 fully saturated rings. The fourth-order valence-corrected chi connectivity index (χ4v) is 2.44. The molecule has 102 valence electrons. The molecule has 0 bridgehead atoms. The SMILES string of the molecule is C[C@@]1(CO)N=C(c2ccccc2)O[C@H]1c1ccccc1. The quantitative estimate of drug-likeness (QED) is 0.929. The topological polar surface area (TPSA) is 41.8 Å². The summed E-state index contributed by atoms with van der Waals surface area (Å²) in [7, 11) is 0. The van der Waals surface area contributed by atoms with Gasteiger partial charge in [-0.25, -0.2) is 4.99 Å². The molecule has 0 saturated carbocycles. The van der Waals surface area contributed by atoms with Crippen molar-refractivity contribution in [1.29, 1.82) is 0 Å². The van der Waals surface area contributed by atoms with Crippen molar-refractivity contribution < 1.29 is 9.84 Å². The summed E-state index contributed by atoms with van der Waals surface area (Å²) in [5.74, 6) is 0.594. The third kappa shape index (κ3) is 2.21. The zero-order valence-corrected chi connectivity index (χ0v) is 11.4. The molecule has 0 aromatic heterocycles. The molecule has 0 spiro atoms. The zero-order chi connectivity index (χ0) is 14.0. The van der Waals surface area contributed by atoms with Crippen LogP contribution < -0.4 is 0 Å². The Morgan fingerprint density at radius 2 is 1.65 bits per heavy atom. The Kier molecular flexibility index (Phi) is 3.28. The molecule has 20 heavy (non-hydrogen) atoms. The second kappa shape index (κ2) is 5.10. The lowest BCUT2D eigenvalue weighted by Gasteiger charge is -2.25. The number of hydrogen-bond acceptors (Lipinski definition) is 3. The van der Waals surface area contributed by atoms with Crippen molar-refractivity contribution in [3.8, 4) is 0 Å². The molecule has 3 nitrogen and oxygen atoms in total. The maximum Gasteiger partial charge on any atom is 0.217 e. The number of hydrogen-bond donors (Lipinski definition) is 1. The summed E-state index contributed by atoms with van der Waals surface area (Å²) in [5, 5.41) is 9.73. The fraction of sp³-hybridized carbons (Fsp3) is 0.235. The Morgan fingerprint density at radius 1 is 1.05 bits per heavy atom. The predicted molar refractivity (Wildman–Crippen MR) is 78.7 cm³/mol. The minimum Gasteiger partial charge on any atom is -0.467 e. The van der Waals surface area contributed by atoms with Crippen LogP contribution in [0.4, 0.5) is 0 Å². The van der Waals surface area contributed by atoms with Gasteiger partial charge in [-0.3, -0.25) is 0 Å². The van der Waals surface area contributed by atoms with Gasteiger partial charge in [0, 0.05) is 5.56 Å². The van der Waals surface area contributed by atoms with Crippen molar-refractivity contribution >= 4 is 5.90 Å². The highest BCUT2D eigenvalue weighted by Crippen LogP contribution is 2.38. The normalized spacial score (nSPS) is 25.1. The molecule has 1 N–H and O–H groups in total. The minimum absolute atomic E-state index is 0.0527. The summed E-state index contributed by atoms with van der Waals surface area (Å²) in [6.45, 7) is 1.86. The van der Waals surface area contributed by atoms with E-state index in [4.69, 9.17) is 4.74 Å². The summed E-state index contributed by atoms with van der Waals surface area (Å²) in [5.41, 5.74) is 1.32. The maximum atomic E-state index is 9.73. The van der Waals surface area contributed by atoms with Gasteiger partial charge in [-0.05, 0) is 24.6 Å². The summed E-state index contributed by atoms with van der Waals surface area (Å²) in [6, 6.07) is 19.7. The van der Waals surface area contributed by atoms with Crippen LogP contribution in [0.3, 0.4) is 0 Å². The molecule has 0 aliphatic carbocycles. The number of aliphatic imine (C=N–C) groups is 1. The molecule has 0 saturated heterocycles. The lowest BCUT2D eigenvalue weighted by molar-refractivity contribution is 0.0958. The van der Waals surface area contributed by atoms with Gasteiger partial charge in [-0.15, -0.1) is 0 Å². The third-order valence-electron chi connectivity index (χ3n) is 3.59. The first kappa shape index (κ1) is 12.9. The molecule has 2 aromatic carbocycles. The van der Waals surface area contributed by atoms with E-state index in [1.165, 1.54) is 0 Å². The second-order valence-electron chi connectivity index (χ2n) is 5.21. The molecule has 2 aromatic rings. The van der Waals surface area contributed by atoms with E-state index < -0.39 is 5.54 Å². The highest BCUT2D eigenvalue weighted by atomic mass is 16.5. The zero-order valence-electron chi connectivity index (χ0n) is 11.4. The number of aliphatic hydroxyl groups is 1. The molecular weight excluding hydrogens is 250 g/mol. The monoisotopic (exact) mass is 267 g/mol. The number of aliphatic hydroxyl groups excluding tert-OH is 1. The molecule has 3 heteroatoms. The van der Waals surface area contributed by atoms with Crippen LogP contribution in [-0.2, 0) is 4.74 Å². The van der Waals surface area contributed by atoms with Gasteiger partial charge in [0.05, 0.1) is 6.61 Å². The first-order chi connectivity index (χ1) is 9.73. The van der Waals surface area contributed by atoms with Crippen LogP contribution in [0, 0.1) is 0 Å². The number of ether oxygens (including phenoxy) is 1. The summed E-state index contributed by atoms with van der Waals surface area (Å²) in [4.78, 5) is 4.61. The smallest absolute Gasteiger partial charge is 0.217 e. The lowest BCUT2D eigenvalue weighted by atomic mass is 9.91. The molecule has 3 rings (SSSR count). The van der Waals surface area contributed by atoms with Gasteiger partial charge in [-0.1, -0.05) is 48.5 Å². The molecule has 1 aliphatic rings. The number of nitrogens with zero attached hydrogens (tertiary/aromatic N) is 1. The lowest BCUT2D eigenvalue weighted by Crippen LogP contribution is -2.32. The average Bonchev–Trinajstić information content (AvgIpc) is 2.88. The second-order valence-corrected chi connectivity index (χ2v) is 5.21. The van der Waals surface area contributed by atoms with Gasteiger partial charge in [0.2, 0.25) is 5.90 Å². The maximum absolute atomic E-state index is 9.73. The number of rotatable bonds is 3. The molecule has 1 aliphatic heterocycles. The van der Waals surface area contributed by atoms with Gasteiger partial charge in [0.1, 0.15) is 5.54 Å². The minimum atomic E-state index is -0.646. The van der Waals surface area contributed by atoms with Gasteiger partial charge < -0.3 is 9.84 Å². The first-order valence-electron chi connectivity index (χ1n) is 6.71. The fourth-order valence-electron chi connectivity index (χ4n) is 2.44. The summed E-state index contributed by atoms with van der Waals surface area (Å²) < 4.78 is 6.03. The van der Waals surface area contributed by atoms with Crippen LogP contribution in [0.5, 0.6) is 0 Å². The molecular formula is C17H17NO2. The van der Waals surface area contributed by atoms with Crippen molar-refractivity contribution in [3.05, 3.63) is 71.8 Å². The third-order valence-corrected chi connectivity index (χ3v) is 3.59. The average molecular weight is 267 g/mol. The van der Waals surface area contributed by atoms with Crippen molar-refractivity contribution in [3.63, 3.8) is 0 Å². The van der Waals surface area contributed by atoms with E-state index in [9.17, 15) is 5.11 Å². The Bertz CT molecular complexity index is 609. The van der Waals surface area contributed by atoms with E-state index in [1.807, 2.05) is 67.6 Å². The van der Waals surface area contributed by atoms with E-state index in [0.29, 0.717) is 5.90 Å². The molecule has 0 amide bonds. The van der Waals surface area contributed by atoms with Crippen molar-refractivity contribution in [1.82, 2.24) is 0 Å². The van der Waals surface area contributed by atoms with E-state index in [-0.39, 0.29) is 12.7 Å². The van der Waals surface area contributed by atoms with Gasteiger partial charge in [0.25, 0.3) is 0 Å². The van der Waals surface area contributed by atoms with Crippen LogP contribution in [0.2, 0.25) is 0 Å². The molecule has 1 heterocycles. The van der Waals surface area contributed by atoms with Crippen molar-refractivity contribution in [2.24, 2.45) is 4.99 Å².